The van der Waals surface area contributed by atoms with Gasteiger partial charge in [-0.15, -0.1) is 12.4 Å². The molecule has 0 bridgehead atoms. The van der Waals surface area contributed by atoms with Gasteiger partial charge in [-0.25, -0.2) is 4.39 Å². The van der Waals surface area contributed by atoms with Gasteiger partial charge in [-0.05, 0) is 30.5 Å². The normalized spacial score (nSPS) is 22.2. The molecule has 2 heterocycles. The number of aryl methyl sites for hydroxylation is 1. The Hall–Kier alpha value is -1.53. The summed E-state index contributed by atoms with van der Waals surface area (Å²) in [5.74, 6) is 1.46. The maximum Gasteiger partial charge on any atom is 0.231 e. The largest absolute Gasteiger partial charge is 0.454 e. The molecule has 0 aromatic heterocycles. The fourth-order valence-corrected chi connectivity index (χ4v) is 2.61. The van der Waals surface area contributed by atoms with Gasteiger partial charge < -0.3 is 20.1 Å². The summed E-state index contributed by atoms with van der Waals surface area (Å²) in [6.45, 7) is 1.13. The van der Waals surface area contributed by atoms with E-state index in [1.807, 2.05) is 18.2 Å². The van der Waals surface area contributed by atoms with Gasteiger partial charge in [-0.1, -0.05) is 6.07 Å². The van der Waals surface area contributed by atoms with E-state index in [-0.39, 0.29) is 31.1 Å². The first-order valence-electron chi connectivity index (χ1n) is 7.23. The van der Waals surface area contributed by atoms with Crippen molar-refractivity contribution in [1.29, 1.82) is 0 Å². The first-order valence-corrected chi connectivity index (χ1v) is 7.23. The molecule has 1 saturated heterocycles. The van der Waals surface area contributed by atoms with E-state index in [0.717, 1.165) is 17.1 Å². The number of amides is 1. The number of hydrogen-bond acceptors (Lipinski definition) is 4. The van der Waals surface area contributed by atoms with E-state index in [0.29, 0.717) is 32.4 Å². The van der Waals surface area contributed by atoms with Crippen molar-refractivity contribution in [3.05, 3.63) is 23.8 Å². The summed E-state index contributed by atoms with van der Waals surface area (Å²) in [5.41, 5.74) is 1.04. The molecule has 0 aliphatic carbocycles. The summed E-state index contributed by atoms with van der Waals surface area (Å²) in [4.78, 5) is 11.8. The number of nitrogens with one attached hydrogen (secondary N) is 2. The maximum atomic E-state index is 13.0. The van der Waals surface area contributed by atoms with Gasteiger partial charge in [0.05, 0.1) is 0 Å². The fourth-order valence-electron chi connectivity index (χ4n) is 2.61. The van der Waals surface area contributed by atoms with Crippen LogP contribution >= 0.6 is 12.4 Å². The standard InChI is InChI=1S/C15H19FN2O3.ClH/c16-11-6-12(17-7-11)8-18-15(19)4-2-10-1-3-13-14(5-10)21-9-20-13;/h1,3,5,11-12,17H,2,4,6-9H2,(H,18,19);1H/t11-,12-;/m0./s1. The number of ether oxygens (including phenoxy) is 2. The molecule has 0 radical (unpaired) electrons. The van der Waals surface area contributed by atoms with Gasteiger partial charge in [-0.3, -0.25) is 4.79 Å². The molecule has 2 N–H and O–H groups in total. The van der Waals surface area contributed by atoms with Crippen LogP contribution in [0.15, 0.2) is 18.2 Å². The molecule has 3 rings (SSSR count). The summed E-state index contributed by atoms with van der Waals surface area (Å²) >= 11 is 0. The Labute approximate surface area is 135 Å². The zero-order valence-corrected chi connectivity index (χ0v) is 13.0. The number of carbonyl (C=O) groups is 1. The predicted molar refractivity (Wildman–Crippen MR) is 82.4 cm³/mol. The molecule has 2 atom stereocenters. The van der Waals surface area contributed by atoms with E-state index in [1.54, 1.807) is 0 Å². The fraction of sp³-hybridized carbons (Fsp3) is 0.533. The van der Waals surface area contributed by atoms with Crippen LogP contribution < -0.4 is 20.1 Å². The highest BCUT2D eigenvalue weighted by Gasteiger charge is 2.23. The molecule has 0 unspecified atom stereocenters. The van der Waals surface area contributed by atoms with Gasteiger partial charge in [0.1, 0.15) is 6.17 Å². The molecule has 1 fully saturated rings. The Kier molecular flexibility index (Phi) is 5.85. The number of benzene rings is 1. The van der Waals surface area contributed by atoms with Crippen molar-refractivity contribution < 1.29 is 18.7 Å². The highest BCUT2D eigenvalue weighted by atomic mass is 35.5. The Morgan fingerprint density at radius 3 is 2.95 bits per heavy atom. The third-order valence-electron chi connectivity index (χ3n) is 3.79. The Morgan fingerprint density at radius 2 is 2.18 bits per heavy atom. The lowest BCUT2D eigenvalue weighted by atomic mass is 10.1. The van der Waals surface area contributed by atoms with Gasteiger partial charge >= 0.3 is 0 Å². The molecule has 1 aromatic carbocycles. The molecular weight excluding hydrogens is 311 g/mol. The van der Waals surface area contributed by atoms with Crippen molar-refractivity contribution in [2.75, 3.05) is 19.9 Å². The van der Waals surface area contributed by atoms with Crippen LogP contribution in [0.25, 0.3) is 0 Å². The van der Waals surface area contributed by atoms with Crippen LogP contribution in [0.2, 0.25) is 0 Å². The van der Waals surface area contributed by atoms with Crippen molar-refractivity contribution >= 4 is 18.3 Å². The number of carbonyl (C=O) groups excluding carboxylic acids is 1. The van der Waals surface area contributed by atoms with Crippen LogP contribution in [-0.2, 0) is 11.2 Å². The van der Waals surface area contributed by atoms with E-state index in [1.165, 1.54) is 0 Å². The molecule has 2 aliphatic heterocycles. The van der Waals surface area contributed by atoms with Crippen LogP contribution in [0.3, 0.4) is 0 Å². The summed E-state index contributed by atoms with van der Waals surface area (Å²) in [5, 5.41) is 5.89. The maximum absolute atomic E-state index is 13.0. The van der Waals surface area contributed by atoms with Crippen LogP contribution in [0.4, 0.5) is 4.39 Å². The molecular formula is C15H20ClFN2O3. The average molecular weight is 331 g/mol. The zero-order valence-electron chi connectivity index (χ0n) is 12.1. The second-order valence-corrected chi connectivity index (χ2v) is 5.43. The summed E-state index contributed by atoms with van der Waals surface area (Å²) in [6, 6.07) is 5.75. The lowest BCUT2D eigenvalue weighted by Gasteiger charge is -2.11. The predicted octanol–water partition coefficient (Wildman–Crippen LogP) is 1.59. The molecule has 5 nitrogen and oxygen atoms in total. The summed E-state index contributed by atoms with van der Waals surface area (Å²) < 4.78 is 23.5. The lowest BCUT2D eigenvalue weighted by molar-refractivity contribution is -0.121. The van der Waals surface area contributed by atoms with E-state index >= 15 is 0 Å². The smallest absolute Gasteiger partial charge is 0.231 e. The van der Waals surface area contributed by atoms with Crippen LogP contribution in [0.1, 0.15) is 18.4 Å². The lowest BCUT2D eigenvalue weighted by Crippen LogP contribution is -2.37. The molecule has 22 heavy (non-hydrogen) atoms. The van der Waals surface area contributed by atoms with Crippen molar-refractivity contribution in [1.82, 2.24) is 10.6 Å². The third kappa shape index (κ3) is 4.24. The number of rotatable bonds is 5. The molecule has 0 spiro atoms. The van der Waals surface area contributed by atoms with Crippen molar-refractivity contribution in [3.63, 3.8) is 0 Å². The van der Waals surface area contributed by atoms with Crippen molar-refractivity contribution in [2.45, 2.75) is 31.5 Å². The summed E-state index contributed by atoms with van der Waals surface area (Å²) in [6.07, 6.45) is 0.737. The quantitative estimate of drug-likeness (QED) is 0.860. The number of halogens is 2. The second kappa shape index (κ2) is 7.65. The molecule has 2 aliphatic rings. The topological polar surface area (TPSA) is 59.6 Å². The summed E-state index contributed by atoms with van der Waals surface area (Å²) in [7, 11) is 0. The second-order valence-electron chi connectivity index (χ2n) is 5.43. The highest BCUT2D eigenvalue weighted by Crippen LogP contribution is 2.32. The van der Waals surface area contributed by atoms with Gasteiger partial charge in [-0.2, -0.15) is 0 Å². The Balaban J connectivity index is 0.00000176. The van der Waals surface area contributed by atoms with E-state index in [4.69, 9.17) is 9.47 Å². The minimum absolute atomic E-state index is 0. The first kappa shape index (κ1) is 16.8. The number of fused-ring (bicyclic) bond motifs is 1. The third-order valence-corrected chi connectivity index (χ3v) is 3.79. The SMILES string of the molecule is Cl.O=C(CCc1ccc2c(c1)OCO2)NC[C@@H]1C[C@H](F)CN1. The number of hydrogen-bond donors (Lipinski definition) is 2. The Morgan fingerprint density at radius 1 is 1.36 bits per heavy atom. The van der Waals surface area contributed by atoms with Crippen LogP contribution in [0.5, 0.6) is 11.5 Å². The first-order chi connectivity index (χ1) is 10.2. The molecule has 0 saturated carbocycles. The zero-order chi connectivity index (χ0) is 14.7. The number of alkyl halides is 1. The Bertz CT molecular complexity index is 530. The van der Waals surface area contributed by atoms with Crippen LogP contribution in [-0.4, -0.2) is 38.0 Å². The van der Waals surface area contributed by atoms with Gasteiger partial charge in [0.15, 0.2) is 11.5 Å². The molecule has 1 aromatic rings. The minimum Gasteiger partial charge on any atom is -0.454 e. The minimum atomic E-state index is -0.791. The van der Waals surface area contributed by atoms with E-state index in [9.17, 15) is 9.18 Å². The van der Waals surface area contributed by atoms with Crippen molar-refractivity contribution in [3.8, 4) is 11.5 Å². The molecule has 122 valence electrons. The van der Waals surface area contributed by atoms with Gasteiger partial charge in [0.25, 0.3) is 0 Å². The van der Waals surface area contributed by atoms with E-state index < -0.39 is 6.17 Å². The monoisotopic (exact) mass is 330 g/mol. The van der Waals surface area contributed by atoms with Crippen LogP contribution in [0, 0.1) is 0 Å². The highest BCUT2D eigenvalue weighted by molar-refractivity contribution is 5.85. The van der Waals surface area contributed by atoms with Gasteiger partial charge in [0.2, 0.25) is 12.7 Å². The molecule has 7 heteroatoms. The van der Waals surface area contributed by atoms with Crippen molar-refractivity contribution in [2.24, 2.45) is 0 Å². The van der Waals surface area contributed by atoms with E-state index in [2.05, 4.69) is 10.6 Å². The average Bonchev–Trinajstić information content (AvgIpc) is 3.10. The molecule has 1 amide bonds. The van der Waals surface area contributed by atoms with Gasteiger partial charge in [0, 0.05) is 25.6 Å².